The molecular weight excluding hydrogens is 388 g/mol. The second kappa shape index (κ2) is 9.30. The predicted molar refractivity (Wildman–Crippen MR) is 111 cm³/mol. The van der Waals surface area contributed by atoms with E-state index in [9.17, 15) is 14.4 Å². The van der Waals surface area contributed by atoms with Crippen molar-refractivity contribution in [2.24, 2.45) is 5.92 Å². The van der Waals surface area contributed by atoms with Crippen LogP contribution in [0.4, 0.5) is 11.4 Å². The van der Waals surface area contributed by atoms with Gasteiger partial charge in [-0.15, -0.1) is 0 Å². The molecule has 1 atom stereocenters. The Labute approximate surface area is 174 Å². The molecule has 30 heavy (non-hydrogen) atoms. The van der Waals surface area contributed by atoms with Crippen LogP contribution in [0.2, 0.25) is 0 Å². The summed E-state index contributed by atoms with van der Waals surface area (Å²) in [7, 11) is 3.03. The van der Waals surface area contributed by atoms with Gasteiger partial charge >= 0.3 is 5.97 Å². The molecule has 2 aromatic rings. The van der Waals surface area contributed by atoms with Gasteiger partial charge in [0.05, 0.1) is 25.8 Å². The van der Waals surface area contributed by atoms with Gasteiger partial charge < -0.3 is 24.4 Å². The fourth-order valence-electron chi connectivity index (χ4n) is 3.26. The van der Waals surface area contributed by atoms with E-state index in [2.05, 4.69) is 5.32 Å². The molecule has 2 amide bonds. The Kier molecular flexibility index (Phi) is 6.56. The molecule has 0 aliphatic carbocycles. The molecule has 158 valence electrons. The topological polar surface area (TPSA) is 94.2 Å². The maximum absolute atomic E-state index is 12.5. The largest absolute Gasteiger partial charge is 0.497 e. The van der Waals surface area contributed by atoms with E-state index in [1.54, 1.807) is 30.3 Å². The van der Waals surface area contributed by atoms with Crippen LogP contribution in [0.5, 0.6) is 11.5 Å². The summed E-state index contributed by atoms with van der Waals surface area (Å²) >= 11 is 0. The summed E-state index contributed by atoms with van der Waals surface area (Å²) in [6.07, 6.45) is -0.00138. The second-order valence-corrected chi connectivity index (χ2v) is 6.91. The highest BCUT2D eigenvalue weighted by Gasteiger charge is 2.37. The van der Waals surface area contributed by atoms with Gasteiger partial charge in [0.25, 0.3) is 5.91 Å². The Morgan fingerprint density at radius 3 is 2.60 bits per heavy atom. The Bertz CT molecular complexity index is 958. The minimum absolute atomic E-state index is 0.00138. The lowest BCUT2D eigenvalue weighted by Gasteiger charge is -2.20. The van der Waals surface area contributed by atoms with E-state index < -0.39 is 24.4 Å². The predicted octanol–water partition coefficient (Wildman–Crippen LogP) is 2.55. The molecule has 1 N–H and O–H groups in total. The molecule has 0 spiro atoms. The normalized spacial score (nSPS) is 15.6. The maximum atomic E-state index is 12.5. The highest BCUT2D eigenvalue weighted by Crippen LogP contribution is 2.36. The third kappa shape index (κ3) is 4.71. The molecule has 1 aliphatic rings. The Balaban J connectivity index is 1.60. The van der Waals surface area contributed by atoms with Gasteiger partial charge in [0.1, 0.15) is 11.5 Å². The molecule has 0 unspecified atom stereocenters. The van der Waals surface area contributed by atoms with Gasteiger partial charge in [0, 0.05) is 24.7 Å². The summed E-state index contributed by atoms with van der Waals surface area (Å²) in [4.78, 5) is 38.5. The van der Waals surface area contributed by atoms with Crippen LogP contribution in [0.15, 0.2) is 42.5 Å². The molecule has 0 saturated carbocycles. The highest BCUT2D eigenvalue weighted by molar-refractivity contribution is 6.01. The Morgan fingerprint density at radius 1 is 1.13 bits per heavy atom. The molecule has 0 aromatic heterocycles. The minimum atomic E-state index is -0.667. The molecule has 1 heterocycles. The van der Waals surface area contributed by atoms with Gasteiger partial charge in [-0.2, -0.15) is 0 Å². The van der Waals surface area contributed by atoms with Crippen LogP contribution in [0, 0.1) is 12.8 Å². The van der Waals surface area contributed by atoms with Crippen molar-refractivity contribution in [1.29, 1.82) is 0 Å². The summed E-state index contributed by atoms with van der Waals surface area (Å²) < 4.78 is 15.7. The number of nitrogens with one attached hydrogen (secondary N) is 1. The molecule has 1 aliphatic heterocycles. The van der Waals surface area contributed by atoms with Crippen molar-refractivity contribution in [3.8, 4) is 11.5 Å². The molecule has 8 nitrogen and oxygen atoms in total. The summed E-state index contributed by atoms with van der Waals surface area (Å²) in [5.74, 6) is -0.859. The van der Waals surface area contributed by atoms with E-state index in [1.807, 2.05) is 19.1 Å². The van der Waals surface area contributed by atoms with Crippen molar-refractivity contribution in [3.63, 3.8) is 0 Å². The van der Waals surface area contributed by atoms with Gasteiger partial charge in [0.2, 0.25) is 5.91 Å². The van der Waals surface area contributed by atoms with Crippen molar-refractivity contribution in [3.05, 3.63) is 48.0 Å². The lowest BCUT2D eigenvalue weighted by molar-refractivity contribution is -0.151. The molecule has 2 aromatic carbocycles. The average molecular weight is 412 g/mol. The number of ether oxygens (including phenoxy) is 3. The Morgan fingerprint density at radius 2 is 1.90 bits per heavy atom. The minimum Gasteiger partial charge on any atom is -0.497 e. The third-order valence-electron chi connectivity index (χ3n) is 4.90. The highest BCUT2D eigenvalue weighted by atomic mass is 16.5. The molecule has 1 fully saturated rings. The summed E-state index contributed by atoms with van der Waals surface area (Å²) in [6.45, 7) is 1.59. The standard InChI is InChI=1S/C22H24N2O6/c1-14-6-4-5-7-17(14)23-20(25)13-30-22(27)15-10-21(26)24(12-15)18-11-16(28-2)8-9-19(18)29-3/h4-9,11,15H,10,12-13H2,1-3H3,(H,23,25)/t15-/m0/s1. The first kappa shape index (κ1) is 21.2. The number of hydrogen-bond acceptors (Lipinski definition) is 6. The summed E-state index contributed by atoms with van der Waals surface area (Å²) in [5.41, 5.74) is 2.08. The van der Waals surface area contributed by atoms with Crippen molar-refractivity contribution in [2.45, 2.75) is 13.3 Å². The number of amides is 2. The number of benzene rings is 2. The van der Waals surface area contributed by atoms with Crippen LogP contribution < -0.4 is 19.7 Å². The molecule has 1 saturated heterocycles. The van der Waals surface area contributed by atoms with Gasteiger partial charge in [-0.25, -0.2) is 0 Å². The number of carbonyl (C=O) groups is 3. The number of methoxy groups -OCH3 is 2. The van der Waals surface area contributed by atoms with E-state index in [4.69, 9.17) is 14.2 Å². The lowest BCUT2D eigenvalue weighted by Crippen LogP contribution is -2.28. The first-order valence-electron chi connectivity index (χ1n) is 9.47. The van der Waals surface area contributed by atoms with Gasteiger partial charge in [-0.05, 0) is 30.7 Å². The molecule has 0 bridgehead atoms. The number of aryl methyl sites for hydroxylation is 1. The van der Waals surface area contributed by atoms with E-state index in [-0.39, 0.29) is 18.9 Å². The fourth-order valence-corrected chi connectivity index (χ4v) is 3.26. The summed E-state index contributed by atoms with van der Waals surface area (Å²) in [6, 6.07) is 12.4. The SMILES string of the molecule is COc1ccc(OC)c(N2C[C@@H](C(=O)OCC(=O)Nc3ccccc3C)CC2=O)c1. The zero-order valence-electron chi connectivity index (χ0n) is 17.1. The average Bonchev–Trinajstić information content (AvgIpc) is 3.14. The molecule has 0 radical (unpaired) electrons. The van der Waals surface area contributed by atoms with Gasteiger partial charge in [-0.1, -0.05) is 18.2 Å². The molecule has 8 heteroatoms. The number of rotatable bonds is 7. The Hall–Kier alpha value is -3.55. The van der Waals surface area contributed by atoms with Gasteiger partial charge in [-0.3, -0.25) is 14.4 Å². The zero-order valence-corrected chi connectivity index (χ0v) is 17.1. The molecular formula is C22H24N2O6. The van der Waals surface area contributed by atoms with Crippen LogP contribution in [0.1, 0.15) is 12.0 Å². The number of esters is 1. The number of para-hydroxylation sites is 1. The van der Waals surface area contributed by atoms with Crippen LogP contribution in [0.25, 0.3) is 0 Å². The molecule has 3 rings (SSSR count). The van der Waals surface area contributed by atoms with Gasteiger partial charge in [0.15, 0.2) is 6.61 Å². The first-order chi connectivity index (χ1) is 14.4. The maximum Gasteiger partial charge on any atom is 0.311 e. The fraction of sp³-hybridized carbons (Fsp3) is 0.318. The zero-order chi connectivity index (χ0) is 21.7. The van der Waals surface area contributed by atoms with Crippen molar-refractivity contribution in [1.82, 2.24) is 0 Å². The van der Waals surface area contributed by atoms with E-state index in [1.165, 1.54) is 19.1 Å². The number of carbonyl (C=O) groups excluding carboxylic acids is 3. The van der Waals surface area contributed by atoms with Crippen molar-refractivity contribution in [2.75, 3.05) is 37.6 Å². The number of nitrogens with zero attached hydrogens (tertiary/aromatic N) is 1. The number of anilines is 2. The monoisotopic (exact) mass is 412 g/mol. The first-order valence-corrected chi connectivity index (χ1v) is 9.47. The summed E-state index contributed by atoms with van der Waals surface area (Å²) in [5, 5.41) is 2.70. The van der Waals surface area contributed by atoms with Crippen LogP contribution in [-0.4, -0.2) is 45.2 Å². The van der Waals surface area contributed by atoms with Crippen LogP contribution >= 0.6 is 0 Å². The third-order valence-corrected chi connectivity index (χ3v) is 4.90. The number of hydrogen-bond donors (Lipinski definition) is 1. The van der Waals surface area contributed by atoms with Crippen LogP contribution in [0.3, 0.4) is 0 Å². The van der Waals surface area contributed by atoms with E-state index >= 15 is 0 Å². The quantitative estimate of drug-likeness (QED) is 0.703. The van der Waals surface area contributed by atoms with Crippen LogP contribution in [-0.2, 0) is 19.1 Å². The van der Waals surface area contributed by atoms with E-state index in [0.717, 1.165) is 5.56 Å². The lowest BCUT2D eigenvalue weighted by atomic mass is 10.1. The van der Waals surface area contributed by atoms with Crippen molar-refractivity contribution < 1.29 is 28.6 Å². The van der Waals surface area contributed by atoms with E-state index in [0.29, 0.717) is 22.9 Å². The second-order valence-electron chi connectivity index (χ2n) is 6.91. The van der Waals surface area contributed by atoms with Crippen molar-refractivity contribution >= 4 is 29.2 Å². The smallest absolute Gasteiger partial charge is 0.311 e.